The highest BCUT2D eigenvalue weighted by atomic mass is 16.5. The Morgan fingerprint density at radius 3 is 2.56 bits per heavy atom. The summed E-state index contributed by atoms with van der Waals surface area (Å²) in [5, 5.41) is 37.7. The second-order valence-corrected chi connectivity index (χ2v) is 17.4. The zero-order valence-electron chi connectivity index (χ0n) is 32.6. The number of carbonyl (C=O) groups excluding carboxylic acids is 2. The molecule has 6 N–H and O–H groups in total. The first-order valence-electron chi connectivity index (χ1n) is 20.0. The lowest BCUT2D eigenvalue weighted by molar-refractivity contribution is -0.180. The minimum Gasteiger partial charge on any atom is -0.496 e. The number of aliphatic hydroxyl groups excluding tert-OH is 1. The highest BCUT2D eigenvalue weighted by Crippen LogP contribution is 2.65. The maximum absolute atomic E-state index is 15.2. The van der Waals surface area contributed by atoms with Crippen molar-refractivity contribution in [3.8, 4) is 5.75 Å². The molecule has 0 radical (unpaired) electrons. The molecule has 9 rings (SSSR count). The van der Waals surface area contributed by atoms with E-state index >= 15 is 4.79 Å². The Morgan fingerprint density at radius 2 is 1.85 bits per heavy atom. The Bertz CT molecular complexity index is 2120. The zero-order chi connectivity index (χ0) is 38.8. The van der Waals surface area contributed by atoms with Gasteiger partial charge >= 0.3 is 5.97 Å². The average molecular weight is 754 g/mol. The van der Waals surface area contributed by atoms with Crippen molar-refractivity contribution in [1.82, 2.24) is 14.8 Å². The molecule has 1 amide bonds. The molecule has 5 aliphatic heterocycles. The molecule has 3 aromatic rings. The summed E-state index contributed by atoms with van der Waals surface area (Å²) in [6, 6.07) is 11.1. The van der Waals surface area contributed by atoms with Crippen LogP contribution in [0.2, 0.25) is 0 Å². The summed E-state index contributed by atoms with van der Waals surface area (Å²) in [5.74, 6) is -1.51. The summed E-state index contributed by atoms with van der Waals surface area (Å²) in [4.78, 5) is 39.2. The van der Waals surface area contributed by atoms with Gasteiger partial charge in [-0.3, -0.25) is 19.4 Å². The molecule has 3 fully saturated rings. The van der Waals surface area contributed by atoms with E-state index < -0.39 is 52.0 Å². The number of nitrogens with two attached hydrogens (primary N) is 1. The van der Waals surface area contributed by atoms with E-state index in [-0.39, 0.29) is 12.0 Å². The predicted molar refractivity (Wildman–Crippen MR) is 208 cm³/mol. The Morgan fingerprint density at radius 1 is 1.07 bits per heavy atom. The smallest absolute Gasteiger partial charge is 0.322 e. The predicted octanol–water partition coefficient (Wildman–Crippen LogP) is 2.73. The molecule has 294 valence electrons. The number of aliphatic hydroxyl groups is 3. The van der Waals surface area contributed by atoms with E-state index in [4.69, 9.17) is 15.2 Å². The van der Waals surface area contributed by atoms with Crippen LogP contribution in [0.4, 0.5) is 5.69 Å². The van der Waals surface area contributed by atoms with E-state index in [0.717, 1.165) is 52.1 Å². The monoisotopic (exact) mass is 753 g/mol. The van der Waals surface area contributed by atoms with Crippen molar-refractivity contribution in [2.45, 2.75) is 92.6 Å². The topological polar surface area (TPSA) is 165 Å². The van der Waals surface area contributed by atoms with Crippen LogP contribution in [0.25, 0.3) is 10.9 Å². The highest BCUT2D eigenvalue weighted by molar-refractivity contribution is 5.95. The minimum absolute atomic E-state index is 0.0755. The fourth-order valence-electron chi connectivity index (χ4n) is 12.8. The molecule has 2 bridgehead atoms. The number of aromatic amines is 1. The SMILES string of the molecule is CCC1=CCN2CC[C@]34c5cc([C@@]6(C(=O)OC)CC7CN(CCc8c6[nH]c6ccccc86)CC(O)(CC)C7)c(OC)cc5N(C)[C@H]3[C@@](O)(C(N)=O)[C@H](O)C1[C@@H]24. The third kappa shape index (κ3) is 4.69. The fourth-order valence-corrected chi connectivity index (χ4v) is 12.8. The molecule has 2 saturated heterocycles. The quantitative estimate of drug-likeness (QED) is 0.187. The van der Waals surface area contributed by atoms with Crippen LogP contribution in [0.1, 0.15) is 68.3 Å². The van der Waals surface area contributed by atoms with E-state index in [9.17, 15) is 20.1 Å². The van der Waals surface area contributed by atoms with Crippen molar-refractivity contribution < 1.29 is 34.4 Å². The van der Waals surface area contributed by atoms with Crippen molar-refractivity contribution in [2.75, 3.05) is 58.9 Å². The van der Waals surface area contributed by atoms with Crippen LogP contribution in [0.15, 0.2) is 48.0 Å². The molecule has 1 saturated carbocycles. The van der Waals surface area contributed by atoms with Gasteiger partial charge in [0.15, 0.2) is 5.60 Å². The molecule has 6 heterocycles. The molecule has 1 aliphatic carbocycles. The summed E-state index contributed by atoms with van der Waals surface area (Å²) in [5.41, 5.74) is 6.77. The number of amides is 1. The molecule has 1 spiro atoms. The molecule has 12 heteroatoms. The number of para-hydroxylation sites is 1. The summed E-state index contributed by atoms with van der Waals surface area (Å²) >= 11 is 0. The Hall–Kier alpha value is -3.94. The van der Waals surface area contributed by atoms with Gasteiger partial charge in [-0.2, -0.15) is 0 Å². The van der Waals surface area contributed by atoms with E-state index in [2.05, 4.69) is 33.0 Å². The van der Waals surface area contributed by atoms with Crippen LogP contribution < -0.4 is 15.4 Å². The van der Waals surface area contributed by atoms with E-state index in [1.54, 1.807) is 7.11 Å². The van der Waals surface area contributed by atoms with Crippen molar-refractivity contribution in [2.24, 2.45) is 17.6 Å². The summed E-state index contributed by atoms with van der Waals surface area (Å²) in [6.45, 7) is 7.49. The second-order valence-electron chi connectivity index (χ2n) is 17.4. The molecule has 12 nitrogen and oxygen atoms in total. The first-order valence-corrected chi connectivity index (χ1v) is 20.0. The maximum Gasteiger partial charge on any atom is 0.322 e. The van der Waals surface area contributed by atoms with Crippen LogP contribution in [0, 0.1) is 11.8 Å². The number of piperidine rings is 1. The van der Waals surface area contributed by atoms with Crippen molar-refractivity contribution in [3.05, 3.63) is 70.4 Å². The zero-order valence-corrected chi connectivity index (χ0v) is 32.6. The number of esters is 1. The van der Waals surface area contributed by atoms with Gasteiger partial charge < -0.3 is 40.4 Å². The van der Waals surface area contributed by atoms with Crippen LogP contribution in [-0.4, -0.2) is 125 Å². The summed E-state index contributed by atoms with van der Waals surface area (Å²) in [6.07, 6.45) is 4.12. The minimum atomic E-state index is -2.28. The van der Waals surface area contributed by atoms with Crippen LogP contribution in [0.3, 0.4) is 0 Å². The number of fused-ring (bicyclic) bond motifs is 6. The Labute approximate surface area is 322 Å². The number of carbonyl (C=O) groups is 2. The number of nitrogens with zero attached hydrogens (tertiary/aromatic N) is 3. The lowest BCUT2D eigenvalue weighted by atomic mass is 9.52. The van der Waals surface area contributed by atoms with Gasteiger partial charge in [-0.15, -0.1) is 0 Å². The normalized spacial score (nSPS) is 37.8. The summed E-state index contributed by atoms with van der Waals surface area (Å²) < 4.78 is 12.2. The van der Waals surface area contributed by atoms with E-state index in [1.807, 2.05) is 50.1 Å². The number of aromatic nitrogens is 1. The number of benzene rings is 2. The highest BCUT2D eigenvalue weighted by Gasteiger charge is 2.75. The van der Waals surface area contributed by atoms with E-state index in [1.165, 1.54) is 7.11 Å². The number of nitrogens with one attached hydrogen (secondary N) is 1. The molecule has 6 aliphatic rings. The van der Waals surface area contributed by atoms with E-state index in [0.29, 0.717) is 69.5 Å². The van der Waals surface area contributed by atoms with Gasteiger partial charge in [0.2, 0.25) is 0 Å². The number of primary amides is 1. The lowest BCUT2D eigenvalue weighted by Crippen LogP contribution is -2.78. The molecule has 2 aromatic carbocycles. The van der Waals surface area contributed by atoms with Crippen molar-refractivity contribution >= 4 is 28.5 Å². The molecule has 4 unspecified atom stereocenters. The number of hydrogen-bond donors (Lipinski definition) is 5. The number of hydrogen-bond acceptors (Lipinski definition) is 10. The average Bonchev–Trinajstić information content (AvgIpc) is 3.84. The van der Waals surface area contributed by atoms with Crippen LogP contribution in [-0.2, 0) is 31.6 Å². The van der Waals surface area contributed by atoms with Gasteiger partial charge in [-0.25, -0.2) is 0 Å². The lowest BCUT2D eigenvalue weighted by Gasteiger charge is -2.59. The maximum atomic E-state index is 15.2. The second kappa shape index (κ2) is 12.5. The van der Waals surface area contributed by atoms with Crippen LogP contribution in [0.5, 0.6) is 5.75 Å². The first-order chi connectivity index (χ1) is 26.3. The van der Waals surface area contributed by atoms with Gasteiger partial charge in [0.05, 0.1) is 25.9 Å². The number of anilines is 1. The van der Waals surface area contributed by atoms with Gasteiger partial charge in [0, 0.05) is 84.5 Å². The molecule has 1 aromatic heterocycles. The van der Waals surface area contributed by atoms with Crippen LogP contribution >= 0.6 is 0 Å². The largest absolute Gasteiger partial charge is 0.496 e. The fraction of sp³-hybridized carbons (Fsp3) is 0.581. The molecule has 55 heavy (non-hydrogen) atoms. The van der Waals surface area contributed by atoms with Crippen molar-refractivity contribution in [3.63, 3.8) is 0 Å². The standard InChI is InChI=1S/C43H55N5O7/c1-6-25-12-16-48-17-14-41-28-18-29(32(54-4)19-31(28)46(3)37(41)43(53,38(44)50)36(49)33(25)35(41)48)42(39(51)55-5)21-24-20-40(52,7-2)23-47(22-24)15-13-27-26-10-8-9-11-30(26)45-34(27)42/h8-12,18-19,24,33,35-37,45,49,52-53H,6-7,13-17,20-23H2,1-5H3,(H2,44,50)/t24?,33?,35-,36-,37-,40?,41-,42+,43-/m1/s1. The first kappa shape index (κ1) is 36.7. The number of H-pyrrole nitrogens is 1. The molecular weight excluding hydrogens is 699 g/mol. The van der Waals surface area contributed by atoms with Gasteiger partial charge in [0.25, 0.3) is 5.91 Å². The molecular formula is C43H55N5O7. The number of likely N-dealkylation sites (N-methyl/N-ethyl adjacent to an activating group) is 1. The van der Waals surface area contributed by atoms with Gasteiger partial charge in [-0.05, 0) is 74.2 Å². The third-order valence-corrected chi connectivity index (χ3v) is 15.0. The van der Waals surface area contributed by atoms with Gasteiger partial charge in [0.1, 0.15) is 17.3 Å². The Kier molecular flexibility index (Phi) is 8.36. The van der Waals surface area contributed by atoms with Crippen molar-refractivity contribution in [1.29, 1.82) is 0 Å². The third-order valence-electron chi connectivity index (χ3n) is 15.0. The van der Waals surface area contributed by atoms with Gasteiger partial charge in [-0.1, -0.05) is 43.7 Å². The number of ether oxygens (including phenoxy) is 2. The summed E-state index contributed by atoms with van der Waals surface area (Å²) in [7, 11) is 4.90. The number of methoxy groups -OCH3 is 2. The number of rotatable bonds is 6. The molecule has 10 atom stereocenters. The Balaban J connectivity index is 1.35.